The molecule has 2 heterocycles. The zero-order valence-corrected chi connectivity index (χ0v) is 17.6. The van der Waals surface area contributed by atoms with E-state index < -0.39 is 10.7 Å². The van der Waals surface area contributed by atoms with Crippen LogP contribution in [0.5, 0.6) is 5.75 Å². The molecule has 10 heteroatoms. The Morgan fingerprint density at radius 1 is 1.30 bits per heavy atom. The van der Waals surface area contributed by atoms with Crippen molar-refractivity contribution < 1.29 is 18.8 Å². The topological polar surface area (TPSA) is 92.3 Å². The third-order valence-electron chi connectivity index (χ3n) is 4.73. The molecule has 2 aromatic heterocycles. The molecule has 156 valence electrons. The van der Waals surface area contributed by atoms with Gasteiger partial charge in [-0.05, 0) is 58.6 Å². The van der Waals surface area contributed by atoms with E-state index in [1.165, 1.54) is 25.3 Å². The summed E-state index contributed by atoms with van der Waals surface area (Å²) in [7, 11) is 1.39. The van der Waals surface area contributed by atoms with E-state index in [2.05, 4.69) is 26.0 Å². The Bertz CT molecular complexity index is 1100. The Hall–Kier alpha value is -2.85. The lowest BCUT2D eigenvalue weighted by Gasteiger charge is -2.11. The molecule has 0 amide bonds. The van der Waals surface area contributed by atoms with Gasteiger partial charge in [-0.15, -0.1) is 0 Å². The average molecular weight is 477 g/mol. The lowest BCUT2D eigenvalue weighted by molar-refractivity contribution is -0.385. The molecule has 0 aliphatic heterocycles. The number of halogens is 2. The highest BCUT2D eigenvalue weighted by molar-refractivity contribution is 9.10. The lowest BCUT2D eigenvalue weighted by Crippen LogP contribution is -2.03. The van der Waals surface area contributed by atoms with Crippen LogP contribution in [0.1, 0.15) is 30.1 Å². The largest absolute Gasteiger partial charge is 0.490 e. The van der Waals surface area contributed by atoms with Gasteiger partial charge >= 0.3 is 5.69 Å². The van der Waals surface area contributed by atoms with E-state index in [0.29, 0.717) is 27.5 Å². The van der Waals surface area contributed by atoms with Crippen molar-refractivity contribution in [3.63, 3.8) is 0 Å². The number of rotatable bonds is 8. The third-order valence-corrected chi connectivity index (χ3v) is 5.17. The van der Waals surface area contributed by atoms with Gasteiger partial charge in [-0.1, -0.05) is 0 Å². The molecule has 1 aliphatic rings. The number of nitro groups is 1. The quantitative estimate of drug-likeness (QED) is 0.263. The molecule has 0 unspecified atom stereocenters. The van der Waals surface area contributed by atoms with Gasteiger partial charge in [0.15, 0.2) is 0 Å². The first-order valence-corrected chi connectivity index (χ1v) is 10.0. The number of hydrogen-bond donors (Lipinski definition) is 0. The summed E-state index contributed by atoms with van der Waals surface area (Å²) in [6.07, 6.45) is 4.02. The van der Waals surface area contributed by atoms with Crippen LogP contribution in [-0.2, 0) is 18.0 Å². The molecule has 1 saturated carbocycles. The van der Waals surface area contributed by atoms with E-state index in [-0.39, 0.29) is 30.3 Å². The highest BCUT2D eigenvalue weighted by atomic mass is 79.9. The molecular weight excluding hydrogens is 459 g/mol. The molecule has 4 rings (SSSR count). The normalized spacial score (nSPS) is 13.4. The second-order valence-electron chi connectivity index (χ2n) is 6.92. The van der Waals surface area contributed by atoms with Crippen molar-refractivity contribution in [2.75, 3.05) is 7.11 Å². The van der Waals surface area contributed by atoms with Crippen molar-refractivity contribution in [1.82, 2.24) is 14.8 Å². The predicted molar refractivity (Wildman–Crippen MR) is 110 cm³/mol. The van der Waals surface area contributed by atoms with Crippen LogP contribution in [0.4, 0.5) is 10.1 Å². The SMILES string of the molecule is COc1c(-c2ccn(C3CC3)n2)cc(COCc2nc(Br)ccc2F)cc1[N+](=O)[O-]. The minimum atomic E-state index is -0.501. The Kier molecular flexibility index (Phi) is 5.78. The summed E-state index contributed by atoms with van der Waals surface area (Å²) in [5.74, 6) is -0.338. The van der Waals surface area contributed by atoms with Gasteiger partial charge in [0.2, 0.25) is 5.75 Å². The number of nitrogens with zero attached hydrogens (tertiary/aromatic N) is 4. The van der Waals surface area contributed by atoms with Crippen LogP contribution in [0.2, 0.25) is 0 Å². The summed E-state index contributed by atoms with van der Waals surface area (Å²) >= 11 is 3.20. The van der Waals surface area contributed by atoms with Crippen LogP contribution in [-0.4, -0.2) is 26.8 Å². The van der Waals surface area contributed by atoms with Gasteiger partial charge in [0.1, 0.15) is 16.1 Å². The fourth-order valence-electron chi connectivity index (χ4n) is 3.14. The minimum absolute atomic E-state index is 0.0365. The predicted octanol–water partition coefficient (Wildman–Crippen LogP) is 4.82. The molecule has 1 fully saturated rings. The number of ether oxygens (including phenoxy) is 2. The first-order valence-electron chi connectivity index (χ1n) is 9.25. The van der Waals surface area contributed by atoms with Gasteiger partial charge in [0, 0.05) is 12.3 Å². The number of pyridine rings is 1. The highest BCUT2D eigenvalue weighted by Crippen LogP contribution is 2.40. The van der Waals surface area contributed by atoms with Crippen molar-refractivity contribution in [1.29, 1.82) is 0 Å². The van der Waals surface area contributed by atoms with Crippen molar-refractivity contribution in [2.24, 2.45) is 0 Å². The zero-order chi connectivity index (χ0) is 21.3. The Labute approximate surface area is 179 Å². The van der Waals surface area contributed by atoms with Crippen LogP contribution < -0.4 is 4.74 Å². The highest BCUT2D eigenvalue weighted by Gasteiger charge is 2.27. The molecule has 8 nitrogen and oxygen atoms in total. The molecular formula is C20H18BrFN4O4. The average Bonchev–Trinajstić information content (AvgIpc) is 3.46. The molecule has 0 spiro atoms. The fraction of sp³-hybridized carbons (Fsp3) is 0.300. The number of hydrogen-bond acceptors (Lipinski definition) is 6. The molecule has 0 radical (unpaired) electrons. The monoisotopic (exact) mass is 476 g/mol. The molecule has 30 heavy (non-hydrogen) atoms. The van der Waals surface area contributed by atoms with E-state index in [1.54, 1.807) is 6.07 Å². The minimum Gasteiger partial charge on any atom is -0.490 e. The molecule has 3 aromatic rings. The third kappa shape index (κ3) is 4.34. The Balaban J connectivity index is 1.61. The van der Waals surface area contributed by atoms with Crippen LogP contribution in [0, 0.1) is 15.9 Å². The van der Waals surface area contributed by atoms with Crippen LogP contribution in [0.25, 0.3) is 11.3 Å². The first-order chi connectivity index (χ1) is 14.5. The van der Waals surface area contributed by atoms with Crippen molar-refractivity contribution in [3.8, 4) is 17.0 Å². The van der Waals surface area contributed by atoms with E-state index in [0.717, 1.165) is 12.8 Å². The number of benzene rings is 1. The standard InChI is InChI=1S/C20H18BrFN4O4/c1-29-20-14(16-6-7-25(24-16)13-2-3-13)8-12(9-18(20)26(27)28)10-30-11-17-15(22)4-5-19(21)23-17/h4-9,13H,2-3,10-11H2,1H3. The smallest absolute Gasteiger partial charge is 0.311 e. The van der Waals surface area contributed by atoms with E-state index >= 15 is 0 Å². The lowest BCUT2D eigenvalue weighted by atomic mass is 10.1. The summed E-state index contributed by atoms with van der Waals surface area (Å²) in [5, 5.41) is 16.2. The molecule has 0 atom stereocenters. The second-order valence-corrected chi connectivity index (χ2v) is 7.73. The van der Waals surface area contributed by atoms with E-state index in [9.17, 15) is 14.5 Å². The van der Waals surface area contributed by atoms with Crippen molar-refractivity contribution in [2.45, 2.75) is 32.1 Å². The summed E-state index contributed by atoms with van der Waals surface area (Å²) < 4.78 is 27.1. The van der Waals surface area contributed by atoms with Gasteiger partial charge in [0.25, 0.3) is 0 Å². The summed E-state index contributed by atoms with van der Waals surface area (Å²) in [6.45, 7) is -0.0362. The Morgan fingerprint density at radius 3 is 2.80 bits per heavy atom. The summed E-state index contributed by atoms with van der Waals surface area (Å²) in [4.78, 5) is 15.2. The second kappa shape index (κ2) is 8.49. The Morgan fingerprint density at radius 2 is 2.10 bits per heavy atom. The summed E-state index contributed by atoms with van der Waals surface area (Å²) in [5.41, 5.74) is 1.62. The van der Waals surface area contributed by atoms with Gasteiger partial charge in [-0.2, -0.15) is 5.10 Å². The van der Waals surface area contributed by atoms with Crippen LogP contribution >= 0.6 is 15.9 Å². The van der Waals surface area contributed by atoms with Gasteiger partial charge in [-0.25, -0.2) is 9.37 Å². The number of methoxy groups -OCH3 is 1. The number of nitro benzene ring substituents is 1. The fourth-order valence-corrected chi connectivity index (χ4v) is 3.49. The van der Waals surface area contributed by atoms with E-state index in [1.807, 2.05) is 16.9 Å². The molecule has 1 aliphatic carbocycles. The molecule has 1 aromatic carbocycles. The van der Waals surface area contributed by atoms with Gasteiger partial charge < -0.3 is 9.47 Å². The van der Waals surface area contributed by atoms with Gasteiger partial charge in [-0.3, -0.25) is 14.8 Å². The molecule has 0 saturated heterocycles. The summed E-state index contributed by atoms with van der Waals surface area (Å²) in [6, 6.07) is 8.13. The molecule has 0 N–H and O–H groups in total. The van der Waals surface area contributed by atoms with Crippen molar-refractivity contribution in [3.05, 3.63) is 68.3 Å². The molecule has 0 bridgehead atoms. The first kappa shape index (κ1) is 20.4. The van der Waals surface area contributed by atoms with E-state index in [4.69, 9.17) is 9.47 Å². The maximum Gasteiger partial charge on any atom is 0.311 e. The zero-order valence-electron chi connectivity index (χ0n) is 16.0. The van der Waals surface area contributed by atoms with Crippen LogP contribution in [0.3, 0.4) is 0 Å². The van der Waals surface area contributed by atoms with Crippen molar-refractivity contribution >= 4 is 21.6 Å². The number of aromatic nitrogens is 3. The van der Waals surface area contributed by atoms with Gasteiger partial charge in [0.05, 0.1) is 42.5 Å². The maximum absolute atomic E-state index is 13.8. The van der Waals surface area contributed by atoms with Crippen LogP contribution in [0.15, 0.2) is 41.1 Å². The maximum atomic E-state index is 13.8.